The van der Waals surface area contributed by atoms with Gasteiger partial charge in [0.05, 0.1) is 0 Å². The lowest BCUT2D eigenvalue weighted by atomic mass is 9.85. The van der Waals surface area contributed by atoms with Gasteiger partial charge in [-0.05, 0) is 36.6 Å². The first-order valence-corrected chi connectivity index (χ1v) is 5.89. The molecule has 0 aliphatic rings. The van der Waals surface area contributed by atoms with Gasteiger partial charge in [-0.15, -0.1) is 0 Å². The van der Waals surface area contributed by atoms with Crippen molar-refractivity contribution in [3.63, 3.8) is 0 Å². The SMILES string of the molecule is CCC(O)(c1cc2cc(F)ccc2o1)C(C)C. The molecule has 1 unspecified atom stereocenters. The van der Waals surface area contributed by atoms with Gasteiger partial charge in [0.25, 0.3) is 0 Å². The minimum Gasteiger partial charge on any atom is -0.458 e. The highest BCUT2D eigenvalue weighted by molar-refractivity contribution is 5.78. The molecule has 0 saturated carbocycles. The van der Waals surface area contributed by atoms with E-state index in [1.54, 1.807) is 12.1 Å². The van der Waals surface area contributed by atoms with Gasteiger partial charge in [0.2, 0.25) is 0 Å². The first kappa shape index (κ1) is 12.1. The monoisotopic (exact) mass is 236 g/mol. The summed E-state index contributed by atoms with van der Waals surface area (Å²) in [7, 11) is 0. The normalized spacial score (nSPS) is 15.4. The van der Waals surface area contributed by atoms with Crippen LogP contribution < -0.4 is 0 Å². The summed E-state index contributed by atoms with van der Waals surface area (Å²) in [5.41, 5.74) is -0.385. The molecule has 1 heterocycles. The molecule has 0 radical (unpaired) electrons. The van der Waals surface area contributed by atoms with Gasteiger partial charge in [0, 0.05) is 5.39 Å². The second kappa shape index (κ2) is 4.15. The lowest BCUT2D eigenvalue weighted by molar-refractivity contribution is -0.0318. The summed E-state index contributed by atoms with van der Waals surface area (Å²) < 4.78 is 18.7. The Kier molecular flexibility index (Phi) is 2.96. The number of halogens is 1. The minimum absolute atomic E-state index is 0.0397. The van der Waals surface area contributed by atoms with Crippen LogP contribution in [0.4, 0.5) is 4.39 Å². The van der Waals surface area contributed by atoms with E-state index in [0.29, 0.717) is 23.2 Å². The number of rotatable bonds is 3. The van der Waals surface area contributed by atoms with Crippen LogP contribution in [0.2, 0.25) is 0 Å². The number of hydrogen-bond donors (Lipinski definition) is 1. The molecule has 1 aromatic heterocycles. The van der Waals surface area contributed by atoms with Crippen LogP contribution in [-0.2, 0) is 5.60 Å². The van der Waals surface area contributed by atoms with Crippen molar-refractivity contribution < 1.29 is 13.9 Å². The zero-order valence-corrected chi connectivity index (χ0v) is 10.3. The highest BCUT2D eigenvalue weighted by Crippen LogP contribution is 2.36. The van der Waals surface area contributed by atoms with Gasteiger partial charge < -0.3 is 9.52 Å². The summed E-state index contributed by atoms with van der Waals surface area (Å²) in [5, 5.41) is 11.2. The molecule has 1 N–H and O–H groups in total. The van der Waals surface area contributed by atoms with Crippen LogP contribution in [0.1, 0.15) is 33.0 Å². The van der Waals surface area contributed by atoms with Crippen molar-refractivity contribution in [2.45, 2.75) is 32.8 Å². The molecule has 0 amide bonds. The van der Waals surface area contributed by atoms with Crippen LogP contribution in [0, 0.1) is 11.7 Å². The summed E-state index contributed by atoms with van der Waals surface area (Å²) in [6.45, 7) is 5.79. The van der Waals surface area contributed by atoms with Gasteiger partial charge >= 0.3 is 0 Å². The Balaban J connectivity index is 2.56. The van der Waals surface area contributed by atoms with Gasteiger partial charge in [-0.25, -0.2) is 4.39 Å². The molecule has 0 bridgehead atoms. The second-order valence-corrected chi connectivity index (χ2v) is 4.73. The average Bonchev–Trinajstić information content (AvgIpc) is 2.70. The second-order valence-electron chi connectivity index (χ2n) is 4.73. The molecule has 2 rings (SSSR count). The predicted octanol–water partition coefficient (Wildman–Crippen LogP) is 3.83. The largest absolute Gasteiger partial charge is 0.458 e. The number of benzene rings is 1. The molecule has 1 aromatic carbocycles. The summed E-state index contributed by atoms with van der Waals surface area (Å²) in [4.78, 5) is 0. The number of hydrogen-bond acceptors (Lipinski definition) is 2. The topological polar surface area (TPSA) is 33.4 Å². The van der Waals surface area contributed by atoms with Crippen molar-refractivity contribution in [1.82, 2.24) is 0 Å². The first-order valence-electron chi connectivity index (χ1n) is 5.89. The summed E-state index contributed by atoms with van der Waals surface area (Å²) in [6, 6.07) is 6.08. The molecule has 0 saturated heterocycles. The predicted molar refractivity (Wildman–Crippen MR) is 65.2 cm³/mol. The van der Waals surface area contributed by atoms with E-state index in [-0.39, 0.29) is 11.7 Å². The van der Waals surface area contributed by atoms with Crippen molar-refractivity contribution in [3.8, 4) is 0 Å². The van der Waals surface area contributed by atoms with Gasteiger partial charge in [0.1, 0.15) is 22.8 Å². The minimum atomic E-state index is -0.991. The van der Waals surface area contributed by atoms with E-state index < -0.39 is 5.60 Å². The van der Waals surface area contributed by atoms with Crippen molar-refractivity contribution in [3.05, 3.63) is 35.8 Å². The third kappa shape index (κ3) is 1.95. The van der Waals surface area contributed by atoms with Crippen LogP contribution in [0.3, 0.4) is 0 Å². The lowest BCUT2D eigenvalue weighted by Crippen LogP contribution is -2.30. The third-order valence-corrected chi connectivity index (χ3v) is 3.40. The standard InChI is InChI=1S/C14H17FO2/c1-4-14(16,9(2)3)13-8-10-7-11(15)5-6-12(10)17-13/h5-9,16H,4H2,1-3H3. The molecule has 0 aliphatic heterocycles. The van der Waals surface area contributed by atoms with Crippen molar-refractivity contribution >= 4 is 11.0 Å². The van der Waals surface area contributed by atoms with Crippen LogP contribution in [0.15, 0.2) is 28.7 Å². The quantitative estimate of drug-likeness (QED) is 0.878. The highest BCUT2D eigenvalue weighted by Gasteiger charge is 2.34. The van der Waals surface area contributed by atoms with Gasteiger partial charge in [-0.3, -0.25) is 0 Å². The molecular weight excluding hydrogens is 219 g/mol. The van der Waals surface area contributed by atoms with E-state index in [9.17, 15) is 9.50 Å². The van der Waals surface area contributed by atoms with Crippen molar-refractivity contribution in [2.75, 3.05) is 0 Å². The van der Waals surface area contributed by atoms with Crippen molar-refractivity contribution in [1.29, 1.82) is 0 Å². The molecule has 2 aromatic rings. The lowest BCUT2D eigenvalue weighted by Gasteiger charge is -2.28. The van der Waals surface area contributed by atoms with E-state index in [0.717, 1.165) is 0 Å². The van der Waals surface area contributed by atoms with Crippen LogP contribution in [-0.4, -0.2) is 5.11 Å². The average molecular weight is 236 g/mol. The van der Waals surface area contributed by atoms with Crippen LogP contribution in [0.25, 0.3) is 11.0 Å². The summed E-state index contributed by atoms with van der Waals surface area (Å²) in [6.07, 6.45) is 0.562. The summed E-state index contributed by atoms with van der Waals surface area (Å²) in [5.74, 6) is 0.253. The Hall–Kier alpha value is -1.35. The Morgan fingerprint density at radius 3 is 2.65 bits per heavy atom. The zero-order chi connectivity index (χ0) is 12.6. The number of aliphatic hydroxyl groups is 1. The smallest absolute Gasteiger partial charge is 0.137 e. The fourth-order valence-corrected chi connectivity index (χ4v) is 2.09. The Labute approximate surface area is 100 Å². The highest BCUT2D eigenvalue weighted by atomic mass is 19.1. The third-order valence-electron chi connectivity index (χ3n) is 3.40. The molecule has 92 valence electrons. The van der Waals surface area contributed by atoms with E-state index in [1.807, 2.05) is 20.8 Å². The Morgan fingerprint density at radius 1 is 1.35 bits per heavy atom. The molecule has 17 heavy (non-hydrogen) atoms. The fraction of sp³-hybridized carbons (Fsp3) is 0.429. The number of fused-ring (bicyclic) bond motifs is 1. The molecule has 2 nitrogen and oxygen atoms in total. The maximum atomic E-state index is 13.1. The summed E-state index contributed by atoms with van der Waals surface area (Å²) >= 11 is 0. The van der Waals surface area contributed by atoms with Crippen LogP contribution in [0.5, 0.6) is 0 Å². The van der Waals surface area contributed by atoms with Gasteiger partial charge in [0.15, 0.2) is 0 Å². The van der Waals surface area contributed by atoms with E-state index in [2.05, 4.69) is 0 Å². The molecule has 3 heteroatoms. The molecule has 0 aliphatic carbocycles. The van der Waals surface area contributed by atoms with E-state index in [1.165, 1.54) is 12.1 Å². The Bertz CT molecular complexity index is 530. The van der Waals surface area contributed by atoms with Gasteiger partial charge in [-0.1, -0.05) is 20.8 Å². The molecule has 1 atom stereocenters. The van der Waals surface area contributed by atoms with E-state index >= 15 is 0 Å². The first-order chi connectivity index (χ1) is 7.97. The maximum Gasteiger partial charge on any atom is 0.137 e. The van der Waals surface area contributed by atoms with Gasteiger partial charge in [-0.2, -0.15) is 0 Å². The molecule has 0 spiro atoms. The maximum absolute atomic E-state index is 13.1. The fourth-order valence-electron chi connectivity index (χ4n) is 2.09. The zero-order valence-electron chi connectivity index (χ0n) is 10.3. The van der Waals surface area contributed by atoms with E-state index in [4.69, 9.17) is 4.42 Å². The van der Waals surface area contributed by atoms with Crippen molar-refractivity contribution in [2.24, 2.45) is 5.92 Å². The molecule has 0 fully saturated rings. The number of furan rings is 1. The van der Waals surface area contributed by atoms with Crippen LogP contribution >= 0.6 is 0 Å². The molecular formula is C14H17FO2. The Morgan fingerprint density at radius 2 is 2.06 bits per heavy atom.